The molecule has 0 unspecified atom stereocenters. The molecule has 1 aromatic carbocycles. The van der Waals surface area contributed by atoms with Crippen LogP contribution in [0.15, 0.2) is 18.2 Å². The lowest BCUT2D eigenvalue weighted by Gasteiger charge is -2.25. The highest BCUT2D eigenvalue weighted by Crippen LogP contribution is 2.28. The number of hydrogen-bond acceptors (Lipinski definition) is 4. The van der Waals surface area contributed by atoms with Gasteiger partial charge in [0, 0.05) is 19.7 Å². The molecule has 0 radical (unpaired) electrons. The van der Waals surface area contributed by atoms with Crippen molar-refractivity contribution in [3.05, 3.63) is 33.9 Å². The number of nitro benzene ring substituents is 1. The molecular weight excluding hydrogens is 246 g/mol. The van der Waals surface area contributed by atoms with Gasteiger partial charge in [-0.1, -0.05) is 12.5 Å². The topological polar surface area (TPSA) is 84.3 Å². The first kappa shape index (κ1) is 13.3. The molecule has 1 aliphatic carbocycles. The quantitative estimate of drug-likeness (QED) is 0.629. The molecule has 102 valence electrons. The Bertz CT molecular complexity index is 498. The maximum atomic E-state index is 12.1. The van der Waals surface area contributed by atoms with E-state index in [1.54, 1.807) is 13.1 Å². The zero-order chi connectivity index (χ0) is 13.8. The molecule has 1 fully saturated rings. The molecule has 0 saturated heterocycles. The van der Waals surface area contributed by atoms with E-state index in [1.165, 1.54) is 18.6 Å². The fraction of sp³-hybridized carbons (Fsp3) is 0.462. The first-order valence-corrected chi connectivity index (χ1v) is 6.37. The Kier molecular flexibility index (Phi) is 3.99. The molecule has 2 rings (SSSR count). The second-order valence-electron chi connectivity index (χ2n) is 4.71. The second-order valence-corrected chi connectivity index (χ2v) is 4.71. The normalized spacial score (nSPS) is 14.6. The summed E-state index contributed by atoms with van der Waals surface area (Å²) >= 11 is 0. The third-order valence-electron chi connectivity index (χ3n) is 3.51. The number of carbonyl (C=O) groups excluding carboxylic acids is 1. The predicted molar refractivity (Wildman–Crippen MR) is 72.3 cm³/mol. The zero-order valence-electron chi connectivity index (χ0n) is 10.8. The van der Waals surface area contributed by atoms with Gasteiger partial charge in [-0.25, -0.2) is 0 Å². The zero-order valence-corrected chi connectivity index (χ0v) is 10.8. The minimum absolute atomic E-state index is 0.0844. The third-order valence-corrected chi connectivity index (χ3v) is 3.51. The minimum atomic E-state index is -0.492. The van der Waals surface area contributed by atoms with Crippen LogP contribution in [0, 0.1) is 16.0 Å². The Morgan fingerprint density at radius 3 is 2.74 bits per heavy atom. The Hall–Kier alpha value is -2.11. The molecule has 1 aliphatic rings. The van der Waals surface area contributed by atoms with Gasteiger partial charge in [0.25, 0.3) is 11.6 Å². The van der Waals surface area contributed by atoms with Crippen molar-refractivity contribution in [3.8, 4) is 0 Å². The number of benzene rings is 1. The summed E-state index contributed by atoms with van der Waals surface area (Å²) in [5.41, 5.74) is 0.494. The first-order chi connectivity index (χ1) is 9.13. The molecule has 0 aromatic heterocycles. The lowest BCUT2D eigenvalue weighted by molar-refractivity contribution is -0.384. The van der Waals surface area contributed by atoms with Gasteiger partial charge in [0.15, 0.2) is 0 Å². The summed E-state index contributed by atoms with van der Waals surface area (Å²) in [4.78, 5) is 22.5. The van der Waals surface area contributed by atoms with Crippen molar-refractivity contribution in [2.24, 2.45) is 5.92 Å². The van der Waals surface area contributed by atoms with Crippen LogP contribution in [0.3, 0.4) is 0 Å². The monoisotopic (exact) mass is 263 g/mol. The van der Waals surface area contributed by atoms with E-state index >= 15 is 0 Å². The van der Waals surface area contributed by atoms with E-state index in [2.05, 4.69) is 10.6 Å². The summed E-state index contributed by atoms with van der Waals surface area (Å²) in [5.74, 6) is 0.292. The average molecular weight is 263 g/mol. The van der Waals surface area contributed by atoms with Crippen molar-refractivity contribution >= 4 is 17.3 Å². The fourth-order valence-corrected chi connectivity index (χ4v) is 2.17. The van der Waals surface area contributed by atoms with E-state index in [-0.39, 0.29) is 17.3 Å². The van der Waals surface area contributed by atoms with Crippen LogP contribution in [-0.2, 0) is 0 Å². The van der Waals surface area contributed by atoms with Gasteiger partial charge in [-0.3, -0.25) is 14.9 Å². The number of hydrogen-bond donors (Lipinski definition) is 2. The Balaban J connectivity index is 2.15. The standard InChI is InChI=1S/C13H17N3O3/c1-14-12-10(6-3-7-11(12)16(18)19)13(17)15-8-9-4-2-5-9/h3,6-7,9,14H,2,4-5,8H2,1H3,(H,15,17). The van der Waals surface area contributed by atoms with Crippen LogP contribution in [0.1, 0.15) is 29.6 Å². The van der Waals surface area contributed by atoms with E-state index in [9.17, 15) is 14.9 Å². The van der Waals surface area contributed by atoms with Gasteiger partial charge in [-0.2, -0.15) is 0 Å². The van der Waals surface area contributed by atoms with Gasteiger partial charge in [0.2, 0.25) is 0 Å². The molecule has 0 atom stereocenters. The van der Waals surface area contributed by atoms with Gasteiger partial charge in [-0.05, 0) is 24.8 Å². The highest BCUT2D eigenvalue weighted by Gasteiger charge is 2.22. The van der Waals surface area contributed by atoms with E-state index in [0.717, 1.165) is 12.8 Å². The molecule has 6 nitrogen and oxygen atoms in total. The maximum absolute atomic E-state index is 12.1. The Morgan fingerprint density at radius 1 is 1.47 bits per heavy atom. The lowest BCUT2D eigenvalue weighted by Crippen LogP contribution is -2.32. The molecule has 0 spiro atoms. The van der Waals surface area contributed by atoms with Gasteiger partial charge >= 0.3 is 0 Å². The van der Waals surface area contributed by atoms with Crippen LogP contribution >= 0.6 is 0 Å². The molecule has 1 saturated carbocycles. The Morgan fingerprint density at radius 2 is 2.21 bits per heavy atom. The van der Waals surface area contributed by atoms with Gasteiger partial charge < -0.3 is 10.6 Å². The summed E-state index contributed by atoms with van der Waals surface area (Å²) in [5, 5.41) is 16.5. The number of nitro groups is 1. The number of carbonyl (C=O) groups is 1. The molecule has 2 N–H and O–H groups in total. The number of para-hydroxylation sites is 1. The summed E-state index contributed by atoms with van der Waals surface area (Å²) in [6.07, 6.45) is 3.52. The Labute approximate surface area is 111 Å². The number of nitrogens with one attached hydrogen (secondary N) is 2. The van der Waals surface area contributed by atoms with E-state index in [4.69, 9.17) is 0 Å². The molecule has 6 heteroatoms. The van der Waals surface area contributed by atoms with Gasteiger partial charge in [-0.15, -0.1) is 0 Å². The van der Waals surface area contributed by atoms with Crippen LogP contribution in [0.25, 0.3) is 0 Å². The van der Waals surface area contributed by atoms with Crippen molar-refractivity contribution < 1.29 is 9.72 Å². The second kappa shape index (κ2) is 5.69. The summed E-state index contributed by atoms with van der Waals surface area (Å²) in [6, 6.07) is 4.50. The highest BCUT2D eigenvalue weighted by molar-refractivity contribution is 6.01. The van der Waals surface area contributed by atoms with Crippen LogP contribution in [-0.4, -0.2) is 24.4 Å². The SMILES string of the molecule is CNc1c(C(=O)NCC2CCC2)cccc1[N+](=O)[O-]. The number of amides is 1. The third kappa shape index (κ3) is 2.83. The van der Waals surface area contributed by atoms with Crippen molar-refractivity contribution in [1.29, 1.82) is 0 Å². The van der Waals surface area contributed by atoms with Crippen molar-refractivity contribution in [2.45, 2.75) is 19.3 Å². The van der Waals surface area contributed by atoms with Gasteiger partial charge in [0.05, 0.1) is 10.5 Å². The van der Waals surface area contributed by atoms with E-state index < -0.39 is 4.92 Å². The average Bonchev–Trinajstić information content (AvgIpc) is 2.35. The molecule has 1 aromatic rings. The number of nitrogens with zero attached hydrogens (tertiary/aromatic N) is 1. The van der Waals surface area contributed by atoms with Gasteiger partial charge in [0.1, 0.15) is 5.69 Å². The van der Waals surface area contributed by atoms with Crippen molar-refractivity contribution in [3.63, 3.8) is 0 Å². The summed E-state index contributed by atoms with van der Waals surface area (Å²) in [6.45, 7) is 0.644. The molecule has 19 heavy (non-hydrogen) atoms. The number of rotatable bonds is 5. The molecule has 0 bridgehead atoms. The predicted octanol–water partition coefficient (Wildman–Crippen LogP) is 2.17. The fourth-order valence-electron chi connectivity index (χ4n) is 2.17. The largest absolute Gasteiger partial charge is 0.382 e. The van der Waals surface area contributed by atoms with Crippen molar-refractivity contribution in [1.82, 2.24) is 5.32 Å². The van der Waals surface area contributed by atoms with E-state index in [1.807, 2.05) is 0 Å². The minimum Gasteiger partial charge on any atom is -0.382 e. The maximum Gasteiger partial charge on any atom is 0.293 e. The molecule has 0 heterocycles. The smallest absolute Gasteiger partial charge is 0.293 e. The van der Waals surface area contributed by atoms with Crippen LogP contribution in [0.5, 0.6) is 0 Å². The molecule has 1 amide bonds. The lowest BCUT2D eigenvalue weighted by atomic mass is 9.85. The summed E-state index contributed by atoms with van der Waals surface area (Å²) in [7, 11) is 1.57. The van der Waals surface area contributed by atoms with E-state index in [0.29, 0.717) is 18.0 Å². The van der Waals surface area contributed by atoms with Crippen LogP contribution in [0.2, 0.25) is 0 Å². The molecular formula is C13H17N3O3. The highest BCUT2D eigenvalue weighted by atomic mass is 16.6. The number of anilines is 1. The molecule has 0 aliphatic heterocycles. The van der Waals surface area contributed by atoms with Crippen LogP contribution < -0.4 is 10.6 Å². The first-order valence-electron chi connectivity index (χ1n) is 6.37. The van der Waals surface area contributed by atoms with Crippen molar-refractivity contribution in [2.75, 3.05) is 18.9 Å². The summed E-state index contributed by atoms with van der Waals surface area (Å²) < 4.78 is 0. The van der Waals surface area contributed by atoms with Crippen LogP contribution in [0.4, 0.5) is 11.4 Å².